The number of carbonyl (C=O) groups excluding carboxylic acids is 1. The summed E-state index contributed by atoms with van der Waals surface area (Å²) in [6.07, 6.45) is -0.990. The Labute approximate surface area is 101 Å². The van der Waals surface area contributed by atoms with E-state index in [4.69, 9.17) is 9.47 Å². The predicted molar refractivity (Wildman–Crippen MR) is 60.1 cm³/mol. The highest BCUT2D eigenvalue weighted by Crippen LogP contribution is 2.24. The fourth-order valence-corrected chi connectivity index (χ4v) is 1.40. The topological polar surface area (TPSA) is 77.0 Å². The number of esters is 1. The summed E-state index contributed by atoms with van der Waals surface area (Å²) in [4.78, 5) is 10.8. The number of methoxy groups -OCH3 is 1. The van der Waals surface area contributed by atoms with Crippen LogP contribution in [0.15, 0.2) is 0 Å². The van der Waals surface area contributed by atoms with Crippen LogP contribution in [-0.4, -0.2) is 50.5 Å². The van der Waals surface area contributed by atoms with Crippen LogP contribution in [0, 0.1) is 5.41 Å². The Morgan fingerprint density at radius 3 is 2.65 bits per heavy atom. The summed E-state index contributed by atoms with van der Waals surface area (Å²) in [6, 6.07) is 0. The third kappa shape index (κ3) is 5.45. The molecule has 1 aliphatic rings. The molecule has 0 aliphatic carbocycles. The Morgan fingerprint density at radius 2 is 2.12 bits per heavy atom. The summed E-state index contributed by atoms with van der Waals surface area (Å²) in [5, 5.41) is 12.2. The van der Waals surface area contributed by atoms with Gasteiger partial charge in [0.15, 0.2) is 6.29 Å². The molecule has 1 aliphatic heterocycles. The fraction of sp³-hybridized carbons (Fsp3) is 0.909. The van der Waals surface area contributed by atoms with Crippen molar-refractivity contribution < 1.29 is 24.1 Å². The van der Waals surface area contributed by atoms with Gasteiger partial charge >= 0.3 is 5.97 Å². The van der Waals surface area contributed by atoms with E-state index in [0.717, 1.165) is 0 Å². The van der Waals surface area contributed by atoms with Crippen molar-refractivity contribution in [3.63, 3.8) is 0 Å². The zero-order valence-electron chi connectivity index (χ0n) is 10.6. The van der Waals surface area contributed by atoms with Crippen LogP contribution in [0.25, 0.3) is 0 Å². The van der Waals surface area contributed by atoms with E-state index in [1.54, 1.807) is 0 Å². The summed E-state index contributed by atoms with van der Waals surface area (Å²) in [5.41, 5.74) is 0.0148. The quantitative estimate of drug-likeness (QED) is 0.520. The van der Waals surface area contributed by atoms with Gasteiger partial charge in [0, 0.05) is 11.8 Å². The number of aliphatic hydroxyl groups excluding tert-OH is 1. The van der Waals surface area contributed by atoms with Gasteiger partial charge in [-0.2, -0.15) is 0 Å². The Morgan fingerprint density at radius 1 is 1.53 bits per heavy atom. The maximum atomic E-state index is 10.8. The molecule has 0 aromatic carbocycles. The van der Waals surface area contributed by atoms with Gasteiger partial charge in [0.25, 0.3) is 0 Å². The van der Waals surface area contributed by atoms with Crippen LogP contribution in [0.5, 0.6) is 0 Å². The average molecular weight is 247 g/mol. The predicted octanol–water partition coefficient (Wildman–Crippen LogP) is -0.143. The van der Waals surface area contributed by atoms with Crippen molar-refractivity contribution in [2.45, 2.75) is 32.8 Å². The largest absolute Gasteiger partial charge is 0.468 e. The molecule has 1 atom stereocenters. The van der Waals surface area contributed by atoms with E-state index in [1.807, 2.05) is 0 Å². The van der Waals surface area contributed by atoms with Gasteiger partial charge in [0.1, 0.15) is 6.23 Å². The Kier molecular flexibility index (Phi) is 5.32. The second-order valence-electron chi connectivity index (χ2n) is 4.92. The van der Waals surface area contributed by atoms with Gasteiger partial charge in [-0.3, -0.25) is 10.1 Å². The lowest BCUT2D eigenvalue weighted by atomic mass is 9.95. The highest BCUT2D eigenvalue weighted by Gasteiger charge is 2.29. The molecule has 0 saturated carbocycles. The van der Waals surface area contributed by atoms with Crippen LogP contribution in [0.4, 0.5) is 0 Å². The minimum Gasteiger partial charge on any atom is -0.468 e. The van der Waals surface area contributed by atoms with Crippen LogP contribution in [-0.2, 0) is 19.0 Å². The summed E-state index contributed by atoms with van der Waals surface area (Å²) in [6.45, 7) is 5.27. The van der Waals surface area contributed by atoms with Gasteiger partial charge in [0.2, 0.25) is 0 Å². The minimum absolute atomic E-state index is 0.0148. The van der Waals surface area contributed by atoms with Gasteiger partial charge in [-0.15, -0.1) is 0 Å². The molecule has 100 valence electrons. The molecule has 0 spiro atoms. The molecule has 2 N–H and O–H groups in total. The first-order valence-electron chi connectivity index (χ1n) is 5.64. The Hall–Kier alpha value is -0.690. The number of rotatable bonds is 5. The van der Waals surface area contributed by atoms with Crippen molar-refractivity contribution in [2.75, 3.05) is 26.9 Å². The molecule has 1 saturated heterocycles. The van der Waals surface area contributed by atoms with E-state index in [1.165, 1.54) is 7.11 Å². The zero-order chi connectivity index (χ0) is 12.9. The molecule has 6 nitrogen and oxygen atoms in total. The lowest BCUT2D eigenvalue weighted by Gasteiger charge is -2.35. The summed E-state index contributed by atoms with van der Waals surface area (Å²) in [7, 11) is 1.30. The highest BCUT2D eigenvalue weighted by atomic mass is 16.7. The second-order valence-corrected chi connectivity index (χ2v) is 4.92. The van der Waals surface area contributed by atoms with Crippen molar-refractivity contribution in [3.05, 3.63) is 0 Å². The third-order valence-electron chi connectivity index (χ3n) is 2.45. The fourth-order valence-electron chi connectivity index (χ4n) is 1.40. The highest BCUT2D eigenvalue weighted by molar-refractivity contribution is 5.71. The normalized spacial score (nSPS) is 22.1. The van der Waals surface area contributed by atoms with Crippen molar-refractivity contribution in [2.24, 2.45) is 5.41 Å². The Bertz CT molecular complexity index is 246. The molecule has 6 heteroatoms. The Balaban J connectivity index is 2.19. The molecule has 1 fully saturated rings. The summed E-state index contributed by atoms with van der Waals surface area (Å²) >= 11 is 0. The van der Waals surface area contributed by atoms with Crippen molar-refractivity contribution in [3.8, 4) is 0 Å². The van der Waals surface area contributed by atoms with Crippen molar-refractivity contribution in [1.82, 2.24) is 5.32 Å². The van der Waals surface area contributed by atoms with Gasteiger partial charge in [0.05, 0.1) is 26.9 Å². The van der Waals surface area contributed by atoms with Gasteiger partial charge in [-0.1, -0.05) is 13.8 Å². The van der Waals surface area contributed by atoms with Crippen LogP contribution >= 0.6 is 0 Å². The molecule has 1 unspecified atom stereocenters. The molecule has 1 rings (SSSR count). The van der Waals surface area contributed by atoms with Crippen LogP contribution in [0.1, 0.15) is 20.3 Å². The number of carbonyl (C=O) groups is 1. The molecular weight excluding hydrogens is 226 g/mol. The molecule has 0 aromatic heterocycles. The number of aliphatic hydroxyl groups is 1. The van der Waals surface area contributed by atoms with Crippen LogP contribution in [0.3, 0.4) is 0 Å². The van der Waals surface area contributed by atoms with Gasteiger partial charge < -0.3 is 19.3 Å². The summed E-state index contributed by atoms with van der Waals surface area (Å²) < 4.78 is 15.4. The van der Waals surface area contributed by atoms with Crippen molar-refractivity contribution in [1.29, 1.82) is 0 Å². The minimum atomic E-state index is -0.847. The molecular formula is C11H21NO5. The molecule has 0 radical (unpaired) electrons. The number of hydrogen-bond donors (Lipinski definition) is 2. The lowest BCUT2D eigenvalue weighted by molar-refractivity contribution is -0.232. The smallest absolute Gasteiger partial charge is 0.319 e. The van der Waals surface area contributed by atoms with E-state index in [9.17, 15) is 9.90 Å². The maximum absolute atomic E-state index is 10.8. The number of ether oxygens (including phenoxy) is 3. The molecule has 0 amide bonds. The van der Waals surface area contributed by atoms with Gasteiger partial charge in [-0.05, 0) is 0 Å². The van der Waals surface area contributed by atoms with E-state index >= 15 is 0 Å². The van der Waals surface area contributed by atoms with E-state index in [2.05, 4.69) is 23.9 Å². The van der Waals surface area contributed by atoms with E-state index < -0.39 is 18.5 Å². The standard InChI is InChI=1S/C11H21NO5/c1-11(2)6-16-10(17-7-11)4-8(13)12-5-9(14)15-3/h8,10,12-13H,4-7H2,1-3H3. The third-order valence-corrected chi connectivity index (χ3v) is 2.45. The number of nitrogens with one attached hydrogen (secondary N) is 1. The van der Waals surface area contributed by atoms with Crippen molar-refractivity contribution >= 4 is 5.97 Å². The van der Waals surface area contributed by atoms with E-state index in [0.29, 0.717) is 13.2 Å². The molecule has 1 heterocycles. The second kappa shape index (κ2) is 6.30. The van der Waals surface area contributed by atoms with Gasteiger partial charge in [-0.25, -0.2) is 0 Å². The monoisotopic (exact) mass is 247 g/mol. The average Bonchev–Trinajstić information content (AvgIpc) is 2.29. The van der Waals surface area contributed by atoms with Crippen LogP contribution in [0.2, 0.25) is 0 Å². The van der Waals surface area contributed by atoms with E-state index in [-0.39, 0.29) is 18.4 Å². The first-order chi connectivity index (χ1) is 7.93. The SMILES string of the molecule is COC(=O)CNC(O)CC1OCC(C)(C)CO1. The maximum Gasteiger partial charge on any atom is 0.319 e. The molecule has 0 aromatic rings. The molecule has 0 bridgehead atoms. The zero-order valence-corrected chi connectivity index (χ0v) is 10.6. The summed E-state index contributed by atoms with van der Waals surface area (Å²) in [5.74, 6) is -0.421. The first kappa shape index (κ1) is 14.4. The first-order valence-corrected chi connectivity index (χ1v) is 5.64. The number of hydrogen-bond acceptors (Lipinski definition) is 6. The molecule has 17 heavy (non-hydrogen) atoms. The lowest BCUT2D eigenvalue weighted by Crippen LogP contribution is -2.42. The van der Waals surface area contributed by atoms with Crippen LogP contribution < -0.4 is 5.32 Å².